The number of para-hydroxylation sites is 1. The average Bonchev–Trinajstić information content (AvgIpc) is 3.24. The van der Waals surface area contributed by atoms with Gasteiger partial charge in [0.1, 0.15) is 17.9 Å². The molecule has 0 bridgehead atoms. The number of hydrogen-bond donors (Lipinski definition) is 1. The molecule has 0 unspecified atom stereocenters. The number of nitrogens with zero attached hydrogens (tertiary/aromatic N) is 4. The third-order valence-corrected chi connectivity index (χ3v) is 7.47. The van der Waals surface area contributed by atoms with Crippen LogP contribution in [0.4, 0.5) is 21.5 Å². The van der Waals surface area contributed by atoms with E-state index in [1.165, 1.54) is 47.4 Å². The predicted octanol–water partition coefficient (Wildman–Crippen LogP) is 4.05. The number of nitro benzene ring substituents is 1. The number of benzene rings is 3. The van der Waals surface area contributed by atoms with Gasteiger partial charge < -0.3 is 20.0 Å². The zero-order chi connectivity index (χ0) is 29.0. The molecule has 2 saturated heterocycles. The van der Waals surface area contributed by atoms with E-state index < -0.39 is 16.3 Å². The molecule has 0 aliphatic carbocycles. The number of anilines is 2. The summed E-state index contributed by atoms with van der Waals surface area (Å²) in [6.07, 6.45) is 3.80. The number of nitrogens with one attached hydrogen (secondary N) is 1. The van der Waals surface area contributed by atoms with Crippen molar-refractivity contribution in [2.75, 3.05) is 36.5 Å². The van der Waals surface area contributed by atoms with Gasteiger partial charge in [-0.2, -0.15) is 0 Å². The van der Waals surface area contributed by atoms with Crippen molar-refractivity contribution in [3.05, 3.63) is 106 Å². The fraction of sp³-hybridized carbons (Fsp3) is 0.233. The Morgan fingerprint density at radius 2 is 1.63 bits per heavy atom. The number of rotatable bonds is 7. The van der Waals surface area contributed by atoms with E-state index in [-0.39, 0.29) is 36.6 Å². The summed E-state index contributed by atoms with van der Waals surface area (Å²) in [5.41, 5.74) is 1.01. The lowest BCUT2D eigenvalue weighted by atomic mass is 9.85. The highest BCUT2D eigenvalue weighted by Crippen LogP contribution is 2.39. The van der Waals surface area contributed by atoms with E-state index in [0.717, 1.165) is 5.69 Å². The highest BCUT2D eigenvalue weighted by Gasteiger charge is 2.54. The number of amides is 3. The highest BCUT2D eigenvalue weighted by atomic mass is 19.1. The number of hydrogen-bond acceptors (Lipinski definition) is 6. The van der Waals surface area contributed by atoms with Crippen molar-refractivity contribution in [2.24, 2.45) is 0 Å². The molecule has 0 saturated carbocycles. The Bertz CT molecular complexity index is 1470. The van der Waals surface area contributed by atoms with Gasteiger partial charge in [-0.05, 0) is 73.0 Å². The molecule has 0 atom stereocenters. The molecule has 3 amide bonds. The molecular weight excluding hydrogens is 529 g/mol. The summed E-state index contributed by atoms with van der Waals surface area (Å²) >= 11 is 0. The fourth-order valence-corrected chi connectivity index (χ4v) is 5.31. The lowest BCUT2D eigenvalue weighted by Crippen LogP contribution is -2.57. The minimum absolute atomic E-state index is 0.0269. The van der Waals surface area contributed by atoms with E-state index in [0.29, 0.717) is 37.2 Å². The number of likely N-dealkylation sites (tertiary alicyclic amines) is 1. The Kier molecular flexibility index (Phi) is 7.77. The average molecular weight is 558 g/mol. The fourth-order valence-electron chi connectivity index (χ4n) is 5.31. The summed E-state index contributed by atoms with van der Waals surface area (Å²) in [5, 5.41) is 13.6. The second-order valence-corrected chi connectivity index (χ2v) is 10.0. The third-order valence-electron chi connectivity index (χ3n) is 7.47. The molecule has 3 aromatic carbocycles. The summed E-state index contributed by atoms with van der Waals surface area (Å²) in [7, 11) is 0. The minimum atomic E-state index is -0.906. The molecule has 2 aliphatic heterocycles. The maximum Gasteiger partial charge on any atom is 0.269 e. The van der Waals surface area contributed by atoms with Crippen LogP contribution >= 0.6 is 0 Å². The number of piperidine rings is 1. The summed E-state index contributed by atoms with van der Waals surface area (Å²) in [6.45, 7) is 0.734. The normalized spacial score (nSPS) is 16.4. The number of non-ortho nitro benzene ring substituents is 1. The maximum absolute atomic E-state index is 13.9. The molecule has 5 rings (SSSR count). The Morgan fingerprint density at radius 1 is 0.976 bits per heavy atom. The zero-order valence-electron chi connectivity index (χ0n) is 22.1. The van der Waals surface area contributed by atoms with Crippen LogP contribution in [0.2, 0.25) is 0 Å². The zero-order valence-corrected chi connectivity index (χ0v) is 22.1. The lowest BCUT2D eigenvalue weighted by Gasteiger charge is -2.43. The van der Waals surface area contributed by atoms with Gasteiger partial charge >= 0.3 is 0 Å². The SMILES string of the molecule is O=C(CN1CN(c2ccccc2)C2(CCN(C(=O)/C=C/c3ccc([N+](=O)[O-])cc3)CC2)C1=O)Nc1ccc(F)cc1. The monoisotopic (exact) mass is 557 g/mol. The smallest absolute Gasteiger partial charge is 0.269 e. The van der Waals surface area contributed by atoms with Crippen molar-refractivity contribution < 1.29 is 23.7 Å². The van der Waals surface area contributed by atoms with Gasteiger partial charge in [-0.25, -0.2) is 4.39 Å². The summed E-state index contributed by atoms with van der Waals surface area (Å²) in [4.78, 5) is 55.1. The van der Waals surface area contributed by atoms with E-state index in [4.69, 9.17) is 0 Å². The van der Waals surface area contributed by atoms with Crippen LogP contribution < -0.4 is 10.2 Å². The van der Waals surface area contributed by atoms with Gasteiger partial charge in [0.2, 0.25) is 11.8 Å². The van der Waals surface area contributed by atoms with Gasteiger partial charge in [-0.3, -0.25) is 24.5 Å². The van der Waals surface area contributed by atoms with Crippen LogP contribution in [0.5, 0.6) is 0 Å². The van der Waals surface area contributed by atoms with Gasteiger partial charge in [0.15, 0.2) is 0 Å². The Balaban J connectivity index is 1.27. The number of carbonyl (C=O) groups excluding carboxylic acids is 3. The molecule has 3 aromatic rings. The van der Waals surface area contributed by atoms with E-state index in [1.54, 1.807) is 23.1 Å². The minimum Gasteiger partial charge on any atom is -0.339 e. The van der Waals surface area contributed by atoms with E-state index in [1.807, 2.05) is 35.2 Å². The van der Waals surface area contributed by atoms with Gasteiger partial charge in [0.25, 0.3) is 11.6 Å². The molecule has 0 radical (unpaired) electrons. The van der Waals surface area contributed by atoms with Crippen molar-refractivity contribution in [2.45, 2.75) is 18.4 Å². The lowest BCUT2D eigenvalue weighted by molar-refractivity contribution is -0.384. The van der Waals surface area contributed by atoms with E-state index in [9.17, 15) is 28.9 Å². The van der Waals surface area contributed by atoms with E-state index in [2.05, 4.69) is 5.32 Å². The second kappa shape index (κ2) is 11.6. The topological polar surface area (TPSA) is 116 Å². The predicted molar refractivity (Wildman–Crippen MR) is 151 cm³/mol. The van der Waals surface area contributed by atoms with Gasteiger partial charge in [0, 0.05) is 42.7 Å². The first-order valence-electron chi connectivity index (χ1n) is 13.1. The molecule has 2 fully saturated rings. The summed E-state index contributed by atoms with van der Waals surface area (Å²) in [6, 6.07) is 20.8. The Morgan fingerprint density at radius 3 is 2.27 bits per heavy atom. The van der Waals surface area contributed by atoms with Crippen molar-refractivity contribution in [1.29, 1.82) is 0 Å². The van der Waals surface area contributed by atoms with E-state index >= 15 is 0 Å². The first-order chi connectivity index (χ1) is 19.7. The molecular formula is C30H28FN5O5. The van der Waals surface area contributed by atoms with Gasteiger partial charge in [0.05, 0.1) is 11.6 Å². The van der Waals surface area contributed by atoms with Gasteiger partial charge in [-0.1, -0.05) is 18.2 Å². The number of nitro groups is 1. The molecule has 2 heterocycles. The van der Waals surface area contributed by atoms with Crippen molar-refractivity contribution in [3.63, 3.8) is 0 Å². The molecule has 11 heteroatoms. The Hall–Kier alpha value is -5.06. The molecule has 41 heavy (non-hydrogen) atoms. The summed E-state index contributed by atoms with van der Waals surface area (Å²) in [5.74, 6) is -1.20. The standard InChI is InChI=1S/C30H28FN5O5/c31-23-9-11-24(12-10-23)32-27(37)20-34-21-35(25-4-2-1-3-5-25)30(29(34)39)16-18-33(19-17-30)28(38)15-8-22-6-13-26(14-7-22)36(40)41/h1-15H,16-21H2,(H,32,37)/b15-8+. The first kappa shape index (κ1) is 27.5. The van der Waals surface area contributed by atoms with Crippen LogP contribution in [0, 0.1) is 15.9 Å². The van der Waals surface area contributed by atoms with Crippen LogP contribution in [0.1, 0.15) is 18.4 Å². The molecule has 1 N–H and O–H groups in total. The molecule has 0 aromatic heterocycles. The quantitative estimate of drug-likeness (QED) is 0.266. The largest absolute Gasteiger partial charge is 0.339 e. The number of halogens is 1. The van der Waals surface area contributed by atoms with Crippen LogP contribution in [0.15, 0.2) is 84.9 Å². The van der Waals surface area contributed by atoms with Crippen LogP contribution in [-0.2, 0) is 14.4 Å². The Labute approximate surface area is 235 Å². The van der Waals surface area contributed by atoms with Crippen LogP contribution in [0.25, 0.3) is 6.08 Å². The van der Waals surface area contributed by atoms with Crippen LogP contribution in [0.3, 0.4) is 0 Å². The van der Waals surface area contributed by atoms with Crippen LogP contribution in [-0.4, -0.2) is 64.3 Å². The third kappa shape index (κ3) is 5.93. The van der Waals surface area contributed by atoms with Crippen molar-refractivity contribution >= 4 is 40.9 Å². The summed E-state index contributed by atoms with van der Waals surface area (Å²) < 4.78 is 13.2. The maximum atomic E-state index is 13.9. The second-order valence-electron chi connectivity index (χ2n) is 10.0. The number of carbonyl (C=O) groups is 3. The molecule has 10 nitrogen and oxygen atoms in total. The van der Waals surface area contributed by atoms with Crippen molar-refractivity contribution in [3.8, 4) is 0 Å². The van der Waals surface area contributed by atoms with Gasteiger partial charge in [-0.15, -0.1) is 0 Å². The molecule has 2 aliphatic rings. The molecule has 1 spiro atoms. The van der Waals surface area contributed by atoms with Crippen molar-refractivity contribution in [1.82, 2.24) is 9.80 Å². The molecule has 210 valence electrons. The highest BCUT2D eigenvalue weighted by molar-refractivity contribution is 5.99. The first-order valence-corrected chi connectivity index (χ1v) is 13.1.